The molecule has 1 heterocycles. The van der Waals surface area contributed by atoms with Crippen LogP contribution in [0.15, 0.2) is 42.5 Å². The number of ether oxygens (including phenoxy) is 2. The topological polar surface area (TPSA) is 60.5 Å². The summed E-state index contributed by atoms with van der Waals surface area (Å²) in [4.78, 5) is 16.2. The number of benzene rings is 1. The van der Waals surface area contributed by atoms with Crippen LogP contribution in [0.25, 0.3) is 0 Å². The van der Waals surface area contributed by atoms with E-state index in [0.717, 1.165) is 0 Å². The number of aromatic nitrogens is 1. The van der Waals surface area contributed by atoms with Gasteiger partial charge >= 0.3 is 0 Å². The van der Waals surface area contributed by atoms with Crippen LogP contribution in [0.2, 0.25) is 0 Å². The molecule has 0 unspecified atom stereocenters. The molecule has 1 amide bonds. The van der Waals surface area contributed by atoms with E-state index < -0.39 is 0 Å². The highest BCUT2D eigenvalue weighted by molar-refractivity contribution is 6.03. The first-order valence-corrected chi connectivity index (χ1v) is 6.20. The van der Waals surface area contributed by atoms with Crippen LogP contribution in [0.5, 0.6) is 5.75 Å². The van der Waals surface area contributed by atoms with Crippen LogP contribution < -0.4 is 10.1 Å². The van der Waals surface area contributed by atoms with E-state index in [9.17, 15) is 4.79 Å². The Hall–Kier alpha value is -2.84. The van der Waals surface area contributed by atoms with Gasteiger partial charge in [0.05, 0.1) is 0 Å². The number of carbonyl (C=O) groups excluding carboxylic acids is 1. The highest BCUT2D eigenvalue weighted by Gasteiger charge is 2.07. The number of methoxy groups -OCH3 is 1. The maximum Gasteiger partial charge on any atom is 0.256 e. The second-order valence-electron chi connectivity index (χ2n) is 4.08. The number of hydrogen-bond donors (Lipinski definition) is 1. The van der Waals surface area contributed by atoms with Gasteiger partial charge in [0.15, 0.2) is 6.79 Å². The van der Waals surface area contributed by atoms with Crippen molar-refractivity contribution in [2.45, 2.75) is 0 Å². The number of hydrogen-bond acceptors (Lipinski definition) is 4. The Balaban J connectivity index is 2.04. The Labute approximate surface area is 122 Å². The number of rotatable bonds is 5. The van der Waals surface area contributed by atoms with Crippen molar-refractivity contribution in [2.75, 3.05) is 19.2 Å². The van der Waals surface area contributed by atoms with E-state index in [2.05, 4.69) is 16.2 Å². The molecule has 0 fully saturated rings. The number of terminal acetylenes is 1. The normalized spacial score (nSPS) is 9.71. The van der Waals surface area contributed by atoms with Gasteiger partial charge in [0.2, 0.25) is 0 Å². The molecule has 0 aliphatic rings. The Morgan fingerprint density at radius 3 is 2.71 bits per heavy atom. The molecule has 0 spiro atoms. The summed E-state index contributed by atoms with van der Waals surface area (Å²) in [5, 5.41) is 2.68. The monoisotopic (exact) mass is 282 g/mol. The summed E-state index contributed by atoms with van der Waals surface area (Å²) in [5.41, 5.74) is 0.962. The van der Waals surface area contributed by atoms with Gasteiger partial charge in [0, 0.05) is 12.7 Å². The molecule has 21 heavy (non-hydrogen) atoms. The molecule has 1 aromatic carbocycles. The minimum absolute atomic E-state index is 0.161. The van der Waals surface area contributed by atoms with Crippen LogP contribution >= 0.6 is 0 Å². The molecular formula is C16H14N2O3. The fourth-order valence-corrected chi connectivity index (χ4v) is 1.60. The third kappa shape index (κ3) is 4.06. The lowest BCUT2D eigenvalue weighted by molar-refractivity contribution is 0.0511. The standard InChI is InChI=1S/C16H14N2O3/c1-3-13-5-4-6-15(17-13)18-16(19)12-7-9-14(10-8-12)21-11-20-2/h1,4-10H,11H2,2H3,(H,17,18,19). The molecule has 2 rings (SSSR count). The fraction of sp³-hybridized carbons (Fsp3) is 0.125. The van der Waals surface area contributed by atoms with Crippen LogP contribution in [-0.2, 0) is 4.74 Å². The number of amides is 1. The molecule has 0 aliphatic heterocycles. The van der Waals surface area contributed by atoms with Gasteiger partial charge < -0.3 is 14.8 Å². The van der Waals surface area contributed by atoms with Crippen LogP contribution in [0, 0.1) is 12.3 Å². The smallest absolute Gasteiger partial charge is 0.256 e. The number of nitrogens with zero attached hydrogens (tertiary/aromatic N) is 1. The van der Waals surface area contributed by atoms with Crippen molar-refractivity contribution >= 4 is 11.7 Å². The van der Waals surface area contributed by atoms with Gasteiger partial charge in [-0.2, -0.15) is 0 Å². The molecule has 0 atom stereocenters. The zero-order valence-corrected chi connectivity index (χ0v) is 11.5. The molecule has 5 nitrogen and oxygen atoms in total. The molecule has 106 valence electrons. The van der Waals surface area contributed by atoms with Gasteiger partial charge in [-0.1, -0.05) is 12.0 Å². The van der Waals surface area contributed by atoms with Gasteiger partial charge in [-0.25, -0.2) is 4.98 Å². The minimum Gasteiger partial charge on any atom is -0.468 e. The largest absolute Gasteiger partial charge is 0.468 e. The SMILES string of the molecule is C#Cc1cccc(NC(=O)c2ccc(OCOC)cc2)n1. The molecule has 1 aromatic heterocycles. The van der Waals surface area contributed by atoms with Crippen molar-refractivity contribution in [3.05, 3.63) is 53.7 Å². The van der Waals surface area contributed by atoms with E-state index in [1.807, 2.05) is 0 Å². The van der Waals surface area contributed by atoms with Crippen molar-refractivity contribution in [3.63, 3.8) is 0 Å². The second-order valence-corrected chi connectivity index (χ2v) is 4.08. The van der Waals surface area contributed by atoms with E-state index in [-0.39, 0.29) is 12.7 Å². The zero-order chi connectivity index (χ0) is 15.1. The van der Waals surface area contributed by atoms with Crippen molar-refractivity contribution in [1.29, 1.82) is 0 Å². The quantitative estimate of drug-likeness (QED) is 0.675. The van der Waals surface area contributed by atoms with Crippen molar-refractivity contribution in [3.8, 4) is 18.1 Å². The van der Waals surface area contributed by atoms with E-state index in [1.54, 1.807) is 49.6 Å². The van der Waals surface area contributed by atoms with Gasteiger partial charge in [-0.3, -0.25) is 4.79 Å². The van der Waals surface area contributed by atoms with Crippen LogP contribution in [0.4, 0.5) is 5.82 Å². The lowest BCUT2D eigenvalue weighted by Gasteiger charge is -2.07. The average Bonchev–Trinajstić information content (AvgIpc) is 2.53. The van der Waals surface area contributed by atoms with E-state index in [0.29, 0.717) is 22.8 Å². The third-order valence-corrected chi connectivity index (χ3v) is 2.60. The average molecular weight is 282 g/mol. The maximum absolute atomic E-state index is 12.1. The number of pyridine rings is 1. The predicted octanol–water partition coefficient (Wildman–Crippen LogP) is 2.30. The lowest BCUT2D eigenvalue weighted by atomic mass is 10.2. The molecule has 1 N–H and O–H groups in total. The summed E-state index contributed by atoms with van der Waals surface area (Å²) in [6, 6.07) is 11.8. The van der Waals surface area contributed by atoms with E-state index >= 15 is 0 Å². The Morgan fingerprint density at radius 2 is 2.05 bits per heavy atom. The Morgan fingerprint density at radius 1 is 1.29 bits per heavy atom. The summed E-state index contributed by atoms with van der Waals surface area (Å²) in [6.07, 6.45) is 5.27. The summed E-state index contributed by atoms with van der Waals surface area (Å²) in [6.45, 7) is 0.161. The molecule has 0 radical (unpaired) electrons. The fourth-order valence-electron chi connectivity index (χ4n) is 1.60. The molecule has 0 saturated carbocycles. The second kappa shape index (κ2) is 7.08. The third-order valence-electron chi connectivity index (χ3n) is 2.60. The molecule has 0 saturated heterocycles. The summed E-state index contributed by atoms with van der Waals surface area (Å²) >= 11 is 0. The van der Waals surface area contributed by atoms with Crippen LogP contribution in [0.1, 0.15) is 16.1 Å². The Bertz CT molecular complexity index is 660. The number of nitrogens with one attached hydrogen (secondary N) is 1. The lowest BCUT2D eigenvalue weighted by Crippen LogP contribution is -2.13. The van der Waals surface area contributed by atoms with Crippen LogP contribution in [-0.4, -0.2) is 24.8 Å². The number of anilines is 1. The summed E-state index contributed by atoms with van der Waals surface area (Å²) in [7, 11) is 1.54. The Kier molecular flexibility index (Phi) is 4.91. The molecule has 2 aromatic rings. The molecular weight excluding hydrogens is 268 g/mol. The molecule has 5 heteroatoms. The zero-order valence-electron chi connectivity index (χ0n) is 11.5. The van der Waals surface area contributed by atoms with Crippen molar-refractivity contribution < 1.29 is 14.3 Å². The molecule has 0 aliphatic carbocycles. The molecule has 0 bridgehead atoms. The summed E-state index contributed by atoms with van der Waals surface area (Å²) in [5.74, 6) is 3.19. The van der Waals surface area contributed by atoms with Gasteiger partial charge in [0.25, 0.3) is 5.91 Å². The van der Waals surface area contributed by atoms with Crippen molar-refractivity contribution in [2.24, 2.45) is 0 Å². The maximum atomic E-state index is 12.1. The van der Waals surface area contributed by atoms with Crippen LogP contribution in [0.3, 0.4) is 0 Å². The first kappa shape index (κ1) is 14.6. The summed E-state index contributed by atoms with van der Waals surface area (Å²) < 4.78 is 10.0. The predicted molar refractivity (Wildman–Crippen MR) is 79.1 cm³/mol. The highest BCUT2D eigenvalue weighted by Crippen LogP contribution is 2.13. The highest BCUT2D eigenvalue weighted by atomic mass is 16.7. The van der Waals surface area contributed by atoms with E-state index in [1.165, 1.54) is 0 Å². The minimum atomic E-state index is -0.269. The van der Waals surface area contributed by atoms with Gasteiger partial charge in [-0.05, 0) is 36.4 Å². The van der Waals surface area contributed by atoms with Gasteiger partial charge in [-0.15, -0.1) is 6.42 Å². The van der Waals surface area contributed by atoms with E-state index in [4.69, 9.17) is 15.9 Å². The van der Waals surface area contributed by atoms with Gasteiger partial charge in [0.1, 0.15) is 17.3 Å². The van der Waals surface area contributed by atoms with Crippen molar-refractivity contribution in [1.82, 2.24) is 4.98 Å². The number of carbonyl (C=O) groups is 1. The first-order valence-electron chi connectivity index (χ1n) is 6.20. The first-order chi connectivity index (χ1) is 10.2.